The number of alkyl carbamates (subject to hydrolysis) is 1. The molecule has 1 aliphatic rings. The Morgan fingerprint density at radius 2 is 1.78 bits per heavy atom. The summed E-state index contributed by atoms with van der Waals surface area (Å²) >= 11 is 0. The van der Waals surface area contributed by atoms with Gasteiger partial charge in [0.1, 0.15) is 17.6 Å². The monoisotopic (exact) mass is 691 g/mol. The van der Waals surface area contributed by atoms with E-state index in [0.717, 1.165) is 25.5 Å². The lowest BCUT2D eigenvalue weighted by molar-refractivity contribution is -0.144. The highest BCUT2D eigenvalue weighted by atomic mass is 16.6. The van der Waals surface area contributed by atoms with Crippen LogP contribution in [0.3, 0.4) is 0 Å². The number of nitrogens with zero attached hydrogens (tertiary/aromatic N) is 4. The number of methoxy groups -OCH3 is 2. The zero-order valence-corrected chi connectivity index (χ0v) is 30.8. The summed E-state index contributed by atoms with van der Waals surface area (Å²) < 4.78 is 16.7. The fourth-order valence-corrected chi connectivity index (χ4v) is 6.07. The molecule has 0 saturated carbocycles. The van der Waals surface area contributed by atoms with Gasteiger partial charge in [-0.25, -0.2) is 14.8 Å². The van der Waals surface area contributed by atoms with Gasteiger partial charge in [0.05, 0.1) is 37.3 Å². The van der Waals surface area contributed by atoms with Crippen molar-refractivity contribution in [1.82, 2.24) is 30.4 Å². The van der Waals surface area contributed by atoms with Gasteiger partial charge in [-0.05, 0) is 52.5 Å². The number of carbonyl (C=O) groups excluding carboxylic acids is 5. The van der Waals surface area contributed by atoms with Gasteiger partial charge in [-0.15, -0.1) is 0 Å². The number of rotatable bonds is 18. The molecule has 2 heterocycles. The summed E-state index contributed by atoms with van der Waals surface area (Å²) in [5.74, 6) is -1.11. The molecule has 49 heavy (non-hydrogen) atoms. The number of hydrogen-bond acceptors (Lipinski definition) is 11. The van der Waals surface area contributed by atoms with Crippen LogP contribution in [0.5, 0.6) is 0 Å². The van der Waals surface area contributed by atoms with Crippen LogP contribution in [0.15, 0.2) is 6.07 Å². The molecule has 2 rings (SSSR count). The van der Waals surface area contributed by atoms with Crippen molar-refractivity contribution in [2.45, 2.75) is 104 Å². The average molecular weight is 692 g/mol. The minimum atomic E-state index is -0.630. The van der Waals surface area contributed by atoms with Crippen LogP contribution in [0.1, 0.15) is 83.4 Å². The molecule has 0 radical (unpaired) electrons. The van der Waals surface area contributed by atoms with Gasteiger partial charge < -0.3 is 44.8 Å². The first-order valence-electron chi connectivity index (χ1n) is 17.0. The zero-order chi connectivity index (χ0) is 36.9. The Balaban J connectivity index is 2.07. The summed E-state index contributed by atoms with van der Waals surface area (Å²) in [5, 5.41) is 8.20. The third kappa shape index (κ3) is 12.5. The number of ether oxygens (including phenoxy) is 3. The summed E-state index contributed by atoms with van der Waals surface area (Å²) in [4.78, 5) is 75.3. The van der Waals surface area contributed by atoms with Crippen molar-refractivity contribution in [3.8, 4) is 0 Å². The van der Waals surface area contributed by atoms with E-state index in [1.807, 2.05) is 13.8 Å². The fourth-order valence-electron chi connectivity index (χ4n) is 6.07. The van der Waals surface area contributed by atoms with Gasteiger partial charge >= 0.3 is 6.09 Å². The first-order chi connectivity index (χ1) is 23.1. The molecule has 0 spiro atoms. The Kier molecular flexibility index (Phi) is 16.3. The van der Waals surface area contributed by atoms with Crippen molar-refractivity contribution < 1.29 is 38.2 Å². The molecule has 1 aromatic heterocycles. The van der Waals surface area contributed by atoms with E-state index in [0.29, 0.717) is 12.2 Å². The molecule has 0 aromatic carbocycles. The highest BCUT2D eigenvalue weighted by Gasteiger charge is 2.40. The molecule has 15 heteroatoms. The Morgan fingerprint density at radius 1 is 1.10 bits per heavy atom. The molecule has 0 bridgehead atoms. The largest absolute Gasteiger partial charge is 0.444 e. The highest BCUT2D eigenvalue weighted by molar-refractivity contribution is 5.92. The second kappa shape index (κ2) is 19.4. The van der Waals surface area contributed by atoms with Crippen molar-refractivity contribution in [2.75, 3.05) is 52.8 Å². The lowest BCUT2D eigenvalue weighted by atomic mass is 9.90. The van der Waals surface area contributed by atoms with Crippen molar-refractivity contribution in [3.05, 3.63) is 17.5 Å². The number of nitrogens with one attached hydrogen (secondary N) is 3. The lowest BCUT2D eigenvalue weighted by Crippen LogP contribution is -2.53. The van der Waals surface area contributed by atoms with E-state index in [-0.39, 0.29) is 67.4 Å². The summed E-state index contributed by atoms with van der Waals surface area (Å²) in [6.07, 6.45) is 1.65. The summed E-state index contributed by atoms with van der Waals surface area (Å²) in [6.45, 7) is 13.5. The number of aldehydes is 1. The second-order valence-electron chi connectivity index (χ2n) is 13.6. The van der Waals surface area contributed by atoms with E-state index in [9.17, 15) is 24.0 Å². The van der Waals surface area contributed by atoms with Crippen LogP contribution in [0.25, 0.3) is 0 Å². The number of amides is 4. The third-order valence-electron chi connectivity index (χ3n) is 8.69. The molecular weight excluding hydrogens is 634 g/mol. The normalized spacial score (nSPS) is 17.7. The molecule has 276 valence electrons. The van der Waals surface area contributed by atoms with Crippen LogP contribution in [0, 0.1) is 18.8 Å². The maximum absolute atomic E-state index is 13.7. The second-order valence-corrected chi connectivity index (χ2v) is 13.6. The third-order valence-corrected chi connectivity index (χ3v) is 8.69. The zero-order valence-electron chi connectivity index (χ0n) is 30.8. The maximum Gasteiger partial charge on any atom is 0.407 e. The van der Waals surface area contributed by atoms with Gasteiger partial charge in [0.15, 0.2) is 0 Å². The van der Waals surface area contributed by atoms with Gasteiger partial charge in [0.25, 0.3) is 5.91 Å². The van der Waals surface area contributed by atoms with Crippen LogP contribution in [0.2, 0.25) is 0 Å². The Bertz CT molecular complexity index is 1270. The quantitative estimate of drug-likeness (QED) is 0.152. The van der Waals surface area contributed by atoms with E-state index in [1.165, 1.54) is 6.07 Å². The molecule has 0 aliphatic carbocycles. The van der Waals surface area contributed by atoms with Crippen molar-refractivity contribution in [1.29, 1.82) is 0 Å². The van der Waals surface area contributed by atoms with Gasteiger partial charge in [-0.3, -0.25) is 14.4 Å². The molecule has 4 amide bonds. The summed E-state index contributed by atoms with van der Waals surface area (Å²) in [6, 6.07) is 0.889. The van der Waals surface area contributed by atoms with Crippen LogP contribution in [-0.4, -0.2) is 127 Å². The lowest BCUT2D eigenvalue weighted by Gasteiger charge is -2.39. The molecule has 6 atom stereocenters. The Labute approximate surface area is 290 Å². The summed E-state index contributed by atoms with van der Waals surface area (Å²) in [7, 11) is 4.78. The summed E-state index contributed by atoms with van der Waals surface area (Å²) in [5.41, 5.74) is -0.0131. The first kappa shape index (κ1) is 41.3. The minimum Gasteiger partial charge on any atom is -0.444 e. The molecule has 1 aliphatic heterocycles. The van der Waals surface area contributed by atoms with Crippen LogP contribution >= 0.6 is 0 Å². The van der Waals surface area contributed by atoms with Crippen molar-refractivity contribution in [2.24, 2.45) is 11.8 Å². The van der Waals surface area contributed by atoms with E-state index in [1.54, 1.807) is 65.7 Å². The molecule has 3 N–H and O–H groups in total. The van der Waals surface area contributed by atoms with Gasteiger partial charge in [0, 0.05) is 52.5 Å². The van der Waals surface area contributed by atoms with E-state index >= 15 is 0 Å². The Hall–Kier alpha value is -3.85. The predicted octanol–water partition coefficient (Wildman–Crippen LogP) is 2.57. The minimum absolute atomic E-state index is 0.00166. The number of anilines is 1. The molecule has 1 saturated heterocycles. The smallest absolute Gasteiger partial charge is 0.407 e. The van der Waals surface area contributed by atoms with Crippen LogP contribution in [-0.2, 0) is 28.6 Å². The molecule has 15 nitrogen and oxygen atoms in total. The predicted molar refractivity (Wildman–Crippen MR) is 184 cm³/mol. The molecular formula is C34H57N7O8. The van der Waals surface area contributed by atoms with Crippen molar-refractivity contribution in [3.63, 3.8) is 0 Å². The number of likely N-dealkylation sites (tertiary alicyclic amines) is 1. The van der Waals surface area contributed by atoms with E-state index in [4.69, 9.17) is 14.2 Å². The standard InChI is InChI=1S/C34H57N7O8/c1-11-21(2)29(26(47-9)18-27(43)41-16-12-13-25(41)30(48-10)22(3)20-42)40(8)28(44)19-37-32-38-23(4)17-24(39-32)31(45)35-14-15-36-33(46)49-34(5,6)7/h17,20-22,25-26,29-30H,11-16,18-19H2,1-10H3,(H,35,45)(H,36,46)(H,37,38,39). The van der Waals surface area contributed by atoms with Gasteiger partial charge in [0.2, 0.25) is 17.8 Å². The number of likely N-dealkylation sites (N-methyl/N-ethyl adjacent to an activating group) is 1. The van der Waals surface area contributed by atoms with Gasteiger partial charge in [-0.1, -0.05) is 27.2 Å². The first-order valence-corrected chi connectivity index (χ1v) is 17.0. The number of aryl methyl sites for hydroxylation is 1. The molecule has 6 unspecified atom stereocenters. The molecule has 1 fully saturated rings. The van der Waals surface area contributed by atoms with E-state index < -0.39 is 35.9 Å². The van der Waals surface area contributed by atoms with Gasteiger partial charge in [-0.2, -0.15) is 0 Å². The topological polar surface area (TPSA) is 181 Å². The van der Waals surface area contributed by atoms with Crippen LogP contribution in [0.4, 0.5) is 10.7 Å². The maximum atomic E-state index is 13.7. The Morgan fingerprint density at radius 3 is 2.37 bits per heavy atom. The number of hydrogen-bond donors (Lipinski definition) is 3. The average Bonchev–Trinajstić information content (AvgIpc) is 3.53. The van der Waals surface area contributed by atoms with Crippen LogP contribution < -0.4 is 16.0 Å². The SMILES string of the molecule is CCC(C)C(C(CC(=O)N1CCCC1C(OC)C(C)C=O)OC)N(C)C(=O)CNc1nc(C)cc(C(=O)NCCNC(=O)OC(C)(C)C)n1. The highest BCUT2D eigenvalue weighted by Crippen LogP contribution is 2.28. The number of aromatic nitrogens is 2. The van der Waals surface area contributed by atoms with E-state index in [2.05, 4.69) is 25.9 Å². The molecule has 1 aromatic rings. The van der Waals surface area contributed by atoms with Crippen molar-refractivity contribution >= 4 is 36.0 Å². The fraction of sp³-hybridized carbons (Fsp3) is 0.735. The number of carbonyl (C=O) groups is 5.